The fourth-order valence-corrected chi connectivity index (χ4v) is 6.96. The Bertz CT molecular complexity index is 1500. The molecule has 1 fully saturated rings. The summed E-state index contributed by atoms with van der Waals surface area (Å²) >= 11 is 3.47. The normalized spacial score (nSPS) is 19.0. The maximum Gasteiger partial charge on any atom is 0.352 e. The molecule has 0 radical (unpaired) electrons. The smallest absolute Gasteiger partial charge is 0.352 e. The van der Waals surface area contributed by atoms with Gasteiger partial charge in [-0.1, -0.05) is 10.1 Å². The monoisotopic (exact) mass is 639 g/mol. The van der Waals surface area contributed by atoms with E-state index in [0.29, 0.717) is 16.5 Å². The molecule has 1 saturated heterocycles. The maximum atomic E-state index is 13.2. The molecule has 2 amide bonds. The molecule has 3 atom stereocenters. The van der Waals surface area contributed by atoms with E-state index in [0.717, 1.165) is 28.0 Å². The molecule has 0 saturated carbocycles. The lowest BCUT2D eigenvalue weighted by atomic mass is 10.0. The molecule has 0 spiro atoms. The Kier molecular flexibility index (Phi) is 9.27. The highest BCUT2D eigenvalue weighted by molar-refractivity contribution is 8.01. The number of nitrogens with one attached hydrogen (secondary N) is 2. The van der Waals surface area contributed by atoms with Crippen LogP contribution in [0.3, 0.4) is 0 Å². The van der Waals surface area contributed by atoms with Gasteiger partial charge in [-0.2, -0.15) is 0 Å². The summed E-state index contributed by atoms with van der Waals surface area (Å²) in [6, 6.07) is 0.478. The van der Waals surface area contributed by atoms with E-state index >= 15 is 0 Å². The van der Waals surface area contributed by atoms with Gasteiger partial charge in [0.1, 0.15) is 28.9 Å². The molecule has 4 heterocycles. The van der Waals surface area contributed by atoms with Gasteiger partial charge in [0.05, 0.1) is 12.5 Å². The largest absolute Gasteiger partial charge is 0.481 e. The summed E-state index contributed by atoms with van der Waals surface area (Å²) in [5.74, 6) is 3.31. The first-order valence-corrected chi connectivity index (χ1v) is 15.0. The Morgan fingerprint density at radius 1 is 1.33 bits per heavy atom. The number of thiazole rings is 1. The van der Waals surface area contributed by atoms with Crippen LogP contribution in [0, 0.1) is 0 Å². The van der Waals surface area contributed by atoms with Crippen molar-refractivity contribution < 1.29 is 38.9 Å². The number of aliphatic carboxylic acids is 2. The van der Waals surface area contributed by atoms with Gasteiger partial charge in [0.2, 0.25) is 11.6 Å². The fourth-order valence-electron chi connectivity index (χ4n) is 3.99. The van der Waals surface area contributed by atoms with Gasteiger partial charge < -0.3 is 37.2 Å². The van der Waals surface area contributed by atoms with Crippen LogP contribution in [0.25, 0.3) is 0 Å². The lowest BCUT2D eigenvalue weighted by Crippen LogP contribution is -2.71. The van der Waals surface area contributed by atoms with E-state index in [1.54, 1.807) is 13.1 Å². The average Bonchev–Trinajstić information content (AvgIpc) is 3.36. The number of hydrogen-bond acceptors (Lipinski definition) is 15. The van der Waals surface area contributed by atoms with Gasteiger partial charge in [0.15, 0.2) is 10.8 Å². The molecule has 0 bridgehead atoms. The van der Waals surface area contributed by atoms with Crippen LogP contribution in [0.2, 0.25) is 0 Å². The number of oxime groups is 1. The van der Waals surface area contributed by atoms with Crippen molar-refractivity contribution in [1.82, 2.24) is 20.2 Å². The van der Waals surface area contributed by atoms with Gasteiger partial charge >= 0.3 is 17.1 Å². The summed E-state index contributed by atoms with van der Waals surface area (Å²) in [4.78, 5) is 64.1. The van der Waals surface area contributed by atoms with Crippen molar-refractivity contribution in [2.75, 3.05) is 41.2 Å². The van der Waals surface area contributed by atoms with Gasteiger partial charge in [-0.15, -0.1) is 27.8 Å². The van der Waals surface area contributed by atoms with Crippen LogP contribution in [0.15, 0.2) is 33.0 Å². The van der Waals surface area contributed by atoms with E-state index in [-0.39, 0.29) is 46.0 Å². The molecule has 2 aliphatic heterocycles. The summed E-state index contributed by atoms with van der Waals surface area (Å²) in [6.45, 7) is 1.46. The van der Waals surface area contributed by atoms with Crippen molar-refractivity contribution in [2.45, 2.75) is 36.0 Å². The number of aromatic nitrogens is 3. The molecular formula is C22H27N10O7S3+. The van der Waals surface area contributed by atoms with E-state index in [9.17, 15) is 24.3 Å². The number of fused-ring (bicyclic) bond motifs is 1. The second kappa shape index (κ2) is 12.7. The van der Waals surface area contributed by atoms with Crippen LogP contribution in [-0.2, 0) is 24.0 Å². The molecular weight excluding hydrogens is 613 g/mol. The molecule has 2 aromatic heterocycles. The van der Waals surface area contributed by atoms with Crippen molar-refractivity contribution >= 4 is 81.1 Å². The highest BCUT2D eigenvalue weighted by atomic mass is 32.2. The van der Waals surface area contributed by atoms with Crippen LogP contribution in [0.4, 0.5) is 16.8 Å². The second-order valence-corrected chi connectivity index (χ2v) is 11.8. The Balaban J connectivity index is 1.51. The van der Waals surface area contributed by atoms with E-state index in [1.165, 1.54) is 28.7 Å². The third-order valence-electron chi connectivity index (χ3n) is 5.91. The van der Waals surface area contributed by atoms with Crippen LogP contribution < -0.4 is 32.6 Å². The van der Waals surface area contributed by atoms with Crippen molar-refractivity contribution in [3.8, 4) is 0 Å². The molecule has 2 aliphatic rings. The molecule has 42 heavy (non-hydrogen) atoms. The first-order chi connectivity index (χ1) is 19.9. The zero-order chi connectivity index (χ0) is 30.7. The average molecular weight is 640 g/mol. The number of nitrogen functional groups attached to an aromatic ring is 3. The summed E-state index contributed by atoms with van der Waals surface area (Å²) in [7, 11) is 1.66. The van der Waals surface area contributed by atoms with E-state index < -0.39 is 41.3 Å². The number of rotatable bonds is 12. The molecule has 0 aromatic carbocycles. The molecule has 0 aliphatic carbocycles. The maximum absolute atomic E-state index is 13.2. The van der Waals surface area contributed by atoms with Gasteiger partial charge in [0, 0.05) is 23.9 Å². The zero-order valence-electron chi connectivity index (χ0n) is 22.1. The molecule has 2 unspecified atom stereocenters. The number of carbonyl (C=O) groups is 4. The Morgan fingerprint density at radius 2 is 2.07 bits per heavy atom. The number of nitrogens with two attached hydrogens (primary N) is 3. The quantitative estimate of drug-likeness (QED) is 0.0275. The molecule has 20 heteroatoms. The minimum atomic E-state index is -1.30. The van der Waals surface area contributed by atoms with Gasteiger partial charge in [-0.05, 0) is 24.3 Å². The number of carboxylic acids is 2. The minimum Gasteiger partial charge on any atom is -0.481 e. The van der Waals surface area contributed by atoms with E-state index in [2.05, 4.69) is 25.8 Å². The molecule has 17 nitrogen and oxygen atoms in total. The zero-order valence-corrected chi connectivity index (χ0v) is 24.6. The molecule has 2 aromatic rings. The number of amides is 2. The highest BCUT2D eigenvalue weighted by Crippen LogP contribution is 2.41. The van der Waals surface area contributed by atoms with Crippen LogP contribution in [0.1, 0.15) is 19.0 Å². The number of carbonyl (C=O) groups excluding carboxylic acids is 2. The van der Waals surface area contributed by atoms with Gasteiger partial charge in [-0.25, -0.2) is 9.78 Å². The van der Waals surface area contributed by atoms with E-state index in [4.69, 9.17) is 27.3 Å². The summed E-state index contributed by atoms with van der Waals surface area (Å²) in [5, 5.41) is 29.4. The standard InChI is InChI=1S/C22H26N10O7S3/c1-8(3-13(33)34)39-30-14(10-7-41-21(24)27-10)17(35)29-15-18(36)31-16(20(37)38)9(5-40-19(15)31)6-42-22-28-11(23)4-12(26-2)32(22)25/h4,7-8,15,19H,3,5-6,25H2,1-2H3,(H7,23,24,26,27,29,33,34,35,37,38)/p+1/b30-14-/t8?,15?,19-/m1/s1. The van der Waals surface area contributed by atoms with Crippen molar-refractivity contribution in [3.05, 3.63) is 28.4 Å². The van der Waals surface area contributed by atoms with Crippen molar-refractivity contribution in [1.29, 1.82) is 0 Å². The number of carboxylic acid groups (broad SMARTS) is 2. The number of nitrogens with zero attached hydrogens (tertiary/aromatic N) is 5. The summed E-state index contributed by atoms with van der Waals surface area (Å²) in [5.41, 5.74) is 11.6. The Hall–Kier alpha value is -4.30. The fraction of sp³-hybridized carbons (Fsp3) is 0.364. The summed E-state index contributed by atoms with van der Waals surface area (Å²) < 4.78 is 1.28. The third-order valence-corrected chi connectivity index (χ3v) is 8.96. The van der Waals surface area contributed by atoms with Crippen molar-refractivity contribution in [2.24, 2.45) is 5.16 Å². The first kappa shape index (κ1) is 30.7. The SMILES string of the molecule is CNc1cc(N)nc(SCC2=C(C(=O)O)N3C(=O)C(NC(=O)/C(=N\OC(C)CC(=O)O)c4csc(N)n4)[C@H]3SC2)[n+]1N. The third kappa shape index (κ3) is 6.44. The molecule has 10 N–H and O–H groups in total. The topological polar surface area (TPSA) is 265 Å². The lowest BCUT2D eigenvalue weighted by molar-refractivity contribution is -0.667. The van der Waals surface area contributed by atoms with Gasteiger partial charge in [0.25, 0.3) is 11.8 Å². The first-order valence-electron chi connectivity index (χ1n) is 12.1. The Morgan fingerprint density at radius 3 is 2.69 bits per heavy atom. The van der Waals surface area contributed by atoms with Gasteiger partial charge in [-0.3, -0.25) is 25.1 Å². The van der Waals surface area contributed by atoms with Crippen LogP contribution >= 0.6 is 34.9 Å². The minimum absolute atomic E-state index is 0.0663. The summed E-state index contributed by atoms with van der Waals surface area (Å²) in [6.07, 6.45) is -1.23. The lowest BCUT2D eigenvalue weighted by Gasteiger charge is -2.49. The predicted octanol–water partition coefficient (Wildman–Crippen LogP) is -1.14. The van der Waals surface area contributed by atoms with Crippen LogP contribution in [0.5, 0.6) is 0 Å². The van der Waals surface area contributed by atoms with Crippen LogP contribution in [-0.4, -0.2) is 90.6 Å². The molecule has 224 valence electrons. The number of hydrogen-bond donors (Lipinski definition) is 7. The Labute approximate surface area is 250 Å². The number of thioether (sulfide) groups is 2. The van der Waals surface area contributed by atoms with E-state index in [1.807, 2.05) is 0 Å². The number of anilines is 3. The second-order valence-electron chi connectivity index (χ2n) is 8.90. The number of β-lactam (4-membered cyclic amide) rings is 1. The van der Waals surface area contributed by atoms with Crippen molar-refractivity contribution in [3.63, 3.8) is 0 Å². The predicted molar refractivity (Wildman–Crippen MR) is 155 cm³/mol. The highest BCUT2D eigenvalue weighted by Gasteiger charge is 2.54. The molecule has 4 rings (SSSR count).